The molecule has 0 saturated carbocycles. The van der Waals surface area contributed by atoms with Crippen molar-refractivity contribution in [3.63, 3.8) is 0 Å². The van der Waals surface area contributed by atoms with Crippen LogP contribution in [-0.4, -0.2) is 11.3 Å². The average Bonchev–Trinajstić information content (AvgIpc) is 2.72. The fourth-order valence-electron chi connectivity index (χ4n) is 3.48. The van der Waals surface area contributed by atoms with Crippen molar-refractivity contribution in [2.24, 2.45) is 0 Å². The van der Waals surface area contributed by atoms with Crippen molar-refractivity contribution >= 4 is 10.9 Å². The van der Waals surface area contributed by atoms with Gasteiger partial charge in [-0.2, -0.15) is 0 Å². The average molecular weight is 427 g/mol. The lowest BCUT2D eigenvalue weighted by Gasteiger charge is -2.11. The smallest absolute Gasteiger partial charge is 0.406 e. The van der Waals surface area contributed by atoms with Crippen molar-refractivity contribution in [1.82, 2.24) is 4.98 Å². The van der Waals surface area contributed by atoms with Gasteiger partial charge in [0, 0.05) is 16.5 Å². The first-order valence-electron chi connectivity index (χ1n) is 9.46. The molecule has 1 N–H and O–H groups in total. The lowest BCUT2D eigenvalue weighted by molar-refractivity contribution is -0.274. The van der Waals surface area contributed by atoms with Gasteiger partial charge >= 0.3 is 6.36 Å². The van der Waals surface area contributed by atoms with Crippen molar-refractivity contribution in [2.45, 2.75) is 19.7 Å². The van der Waals surface area contributed by atoms with Crippen LogP contribution in [0.5, 0.6) is 5.75 Å². The zero-order valence-electron chi connectivity index (χ0n) is 16.4. The minimum Gasteiger partial charge on any atom is -0.406 e. The van der Waals surface area contributed by atoms with Gasteiger partial charge in [0.05, 0.1) is 5.69 Å². The molecule has 0 fully saturated rings. The minimum absolute atomic E-state index is 0.228. The number of ether oxygens (including phenoxy) is 1. The first-order valence-corrected chi connectivity index (χ1v) is 9.46. The number of alkyl halides is 3. The molecule has 3 aromatic carbocycles. The monoisotopic (exact) mass is 427 g/mol. The van der Waals surface area contributed by atoms with Gasteiger partial charge in [-0.25, -0.2) is 4.39 Å². The van der Waals surface area contributed by atoms with Crippen LogP contribution in [0.15, 0.2) is 71.5 Å². The summed E-state index contributed by atoms with van der Waals surface area (Å²) in [6, 6.07) is 17.3. The van der Waals surface area contributed by atoms with Crippen LogP contribution in [0, 0.1) is 12.7 Å². The van der Waals surface area contributed by atoms with Crippen LogP contribution < -0.4 is 10.2 Å². The fourth-order valence-corrected chi connectivity index (χ4v) is 3.48. The molecule has 0 bridgehead atoms. The number of pyridine rings is 1. The van der Waals surface area contributed by atoms with Crippen LogP contribution in [0.1, 0.15) is 16.7 Å². The van der Waals surface area contributed by atoms with Gasteiger partial charge < -0.3 is 9.72 Å². The highest BCUT2D eigenvalue weighted by Gasteiger charge is 2.30. The van der Waals surface area contributed by atoms with E-state index in [1.165, 1.54) is 30.3 Å². The maximum Gasteiger partial charge on any atom is 0.573 e. The molecule has 0 aliphatic heterocycles. The third-order valence-corrected chi connectivity index (χ3v) is 5.01. The quantitative estimate of drug-likeness (QED) is 0.398. The molecule has 0 saturated heterocycles. The number of halogens is 4. The molecule has 3 nitrogen and oxygen atoms in total. The second kappa shape index (κ2) is 7.91. The zero-order chi connectivity index (χ0) is 22.2. The van der Waals surface area contributed by atoms with E-state index in [-0.39, 0.29) is 11.2 Å². The second-order valence-corrected chi connectivity index (χ2v) is 7.21. The van der Waals surface area contributed by atoms with Crippen LogP contribution in [0.2, 0.25) is 0 Å². The first kappa shape index (κ1) is 20.7. The number of benzene rings is 3. The molecule has 0 unspecified atom stereocenters. The third-order valence-electron chi connectivity index (χ3n) is 5.01. The van der Waals surface area contributed by atoms with E-state index in [1.807, 2.05) is 24.3 Å². The number of nitrogens with one attached hydrogen (secondary N) is 1. The van der Waals surface area contributed by atoms with Crippen LogP contribution in [0.4, 0.5) is 17.6 Å². The summed E-state index contributed by atoms with van der Waals surface area (Å²) < 4.78 is 54.1. The number of rotatable bonds is 4. The Kier molecular flexibility index (Phi) is 5.27. The van der Waals surface area contributed by atoms with Gasteiger partial charge in [0.1, 0.15) is 11.6 Å². The van der Waals surface area contributed by atoms with Crippen molar-refractivity contribution < 1.29 is 22.3 Å². The molecule has 0 radical (unpaired) electrons. The maximum absolute atomic E-state index is 13.5. The van der Waals surface area contributed by atoms with Gasteiger partial charge in [-0.15, -0.1) is 13.2 Å². The van der Waals surface area contributed by atoms with E-state index in [4.69, 9.17) is 0 Å². The summed E-state index contributed by atoms with van der Waals surface area (Å²) in [6.07, 6.45) is -4.19. The normalized spacial score (nSPS) is 11.6. The zero-order valence-corrected chi connectivity index (χ0v) is 16.4. The highest BCUT2D eigenvalue weighted by Crippen LogP contribution is 2.25. The molecule has 0 amide bonds. The van der Waals surface area contributed by atoms with Gasteiger partial charge in [-0.05, 0) is 60.4 Å². The Bertz CT molecular complexity index is 1290. The Hall–Kier alpha value is -3.61. The third kappa shape index (κ3) is 4.60. The summed E-state index contributed by atoms with van der Waals surface area (Å²) in [6.45, 7) is 1.69. The number of H-pyrrole nitrogens is 1. The number of aromatic amines is 1. The van der Waals surface area contributed by atoms with E-state index < -0.39 is 12.2 Å². The molecule has 0 spiro atoms. The molecule has 1 heterocycles. The van der Waals surface area contributed by atoms with Crippen LogP contribution in [-0.2, 0) is 6.42 Å². The molecule has 0 aliphatic rings. The van der Waals surface area contributed by atoms with Crippen LogP contribution >= 0.6 is 0 Å². The predicted octanol–water partition coefficient (Wildman–Crippen LogP) is 6.13. The molecule has 0 atom stereocenters. The Labute approximate surface area is 174 Å². The maximum atomic E-state index is 13.5. The summed E-state index contributed by atoms with van der Waals surface area (Å²) in [5.41, 5.74) is 4.07. The van der Waals surface area contributed by atoms with Gasteiger partial charge in [-0.3, -0.25) is 4.79 Å². The summed E-state index contributed by atoms with van der Waals surface area (Å²) in [7, 11) is 0. The van der Waals surface area contributed by atoms with Gasteiger partial charge in [0.25, 0.3) is 0 Å². The Morgan fingerprint density at radius 2 is 1.52 bits per heavy atom. The Morgan fingerprint density at radius 1 is 0.903 bits per heavy atom. The molecule has 1 aromatic heterocycles. The summed E-state index contributed by atoms with van der Waals surface area (Å²) >= 11 is 0. The summed E-state index contributed by atoms with van der Waals surface area (Å²) in [4.78, 5) is 15.8. The second-order valence-electron chi connectivity index (χ2n) is 7.21. The molecule has 31 heavy (non-hydrogen) atoms. The lowest BCUT2D eigenvalue weighted by Crippen LogP contribution is -2.17. The summed E-state index contributed by atoms with van der Waals surface area (Å²) in [5.74, 6) is -0.727. The highest BCUT2D eigenvalue weighted by molar-refractivity contribution is 5.83. The van der Waals surface area contributed by atoms with Crippen molar-refractivity contribution in [1.29, 1.82) is 0 Å². The highest BCUT2D eigenvalue weighted by atomic mass is 19.4. The standard InChI is InChI=1S/C24H17F4NO2/c1-14-22(29-21-11-8-18(25)13-20(21)23(14)30)17-6-2-15(3-7-17)12-16-4-9-19(10-5-16)31-24(26,27)28/h2-11,13H,12H2,1H3,(H,29,30). The van der Waals surface area contributed by atoms with Crippen molar-refractivity contribution in [3.8, 4) is 17.0 Å². The molecule has 0 aliphatic carbocycles. The SMILES string of the molecule is Cc1c(-c2ccc(Cc3ccc(OC(F)(F)F)cc3)cc2)[nH]c2ccc(F)cc2c1=O. The van der Waals surface area contributed by atoms with Gasteiger partial charge in [0.2, 0.25) is 0 Å². The molecule has 158 valence electrons. The fraction of sp³-hybridized carbons (Fsp3) is 0.125. The minimum atomic E-state index is -4.71. The van der Waals surface area contributed by atoms with Crippen LogP contribution in [0.3, 0.4) is 0 Å². The van der Waals surface area contributed by atoms with E-state index >= 15 is 0 Å². The lowest BCUT2D eigenvalue weighted by atomic mass is 10.00. The molecular weight excluding hydrogens is 410 g/mol. The molecule has 4 rings (SSSR count). The first-order chi connectivity index (χ1) is 14.7. The number of fused-ring (bicyclic) bond motifs is 1. The predicted molar refractivity (Wildman–Crippen MR) is 111 cm³/mol. The van der Waals surface area contributed by atoms with E-state index in [1.54, 1.807) is 19.1 Å². The van der Waals surface area contributed by atoms with Gasteiger partial charge in [0.15, 0.2) is 5.43 Å². The van der Waals surface area contributed by atoms with E-state index in [0.29, 0.717) is 28.6 Å². The number of hydrogen-bond acceptors (Lipinski definition) is 2. The van der Waals surface area contributed by atoms with Gasteiger partial charge in [-0.1, -0.05) is 36.4 Å². The number of aromatic nitrogens is 1. The van der Waals surface area contributed by atoms with Crippen molar-refractivity contribution in [3.05, 3.63) is 99.5 Å². The van der Waals surface area contributed by atoms with Crippen LogP contribution in [0.25, 0.3) is 22.2 Å². The molecule has 7 heteroatoms. The van der Waals surface area contributed by atoms with E-state index in [0.717, 1.165) is 16.7 Å². The largest absolute Gasteiger partial charge is 0.573 e. The topological polar surface area (TPSA) is 42.1 Å². The Morgan fingerprint density at radius 3 is 2.13 bits per heavy atom. The Balaban J connectivity index is 1.57. The number of hydrogen-bond donors (Lipinski definition) is 1. The van der Waals surface area contributed by atoms with E-state index in [9.17, 15) is 22.4 Å². The molecule has 4 aromatic rings. The summed E-state index contributed by atoms with van der Waals surface area (Å²) in [5, 5.41) is 0.302. The van der Waals surface area contributed by atoms with E-state index in [2.05, 4.69) is 9.72 Å². The van der Waals surface area contributed by atoms with Crippen molar-refractivity contribution in [2.75, 3.05) is 0 Å². The molecular formula is C24H17F4NO2.